The monoisotopic (exact) mass is 255 g/mol. The molecule has 19 heavy (non-hydrogen) atoms. The minimum atomic E-state index is 0.329. The predicted octanol–water partition coefficient (Wildman–Crippen LogP) is 2.10. The van der Waals surface area contributed by atoms with Crippen molar-refractivity contribution in [2.75, 3.05) is 5.73 Å². The molecule has 0 amide bonds. The molecule has 0 atom stereocenters. The van der Waals surface area contributed by atoms with E-state index in [1.54, 1.807) is 6.20 Å². The van der Waals surface area contributed by atoms with Crippen LogP contribution in [-0.4, -0.2) is 19.9 Å². The molecule has 5 heteroatoms. The molecule has 2 heterocycles. The first-order valence-electron chi connectivity index (χ1n) is 6.70. The van der Waals surface area contributed by atoms with Crippen LogP contribution in [0.25, 0.3) is 0 Å². The molecule has 5 nitrogen and oxygen atoms in total. The fourth-order valence-electron chi connectivity index (χ4n) is 2.59. The van der Waals surface area contributed by atoms with Gasteiger partial charge in [-0.05, 0) is 24.5 Å². The van der Waals surface area contributed by atoms with Gasteiger partial charge in [-0.2, -0.15) is 9.97 Å². The summed E-state index contributed by atoms with van der Waals surface area (Å²) >= 11 is 0. The van der Waals surface area contributed by atoms with E-state index < -0.39 is 0 Å². The molecular weight excluding hydrogens is 238 g/mol. The first kappa shape index (κ1) is 12.0. The number of rotatable bonds is 3. The van der Waals surface area contributed by atoms with E-state index in [0.717, 1.165) is 30.1 Å². The van der Waals surface area contributed by atoms with Crippen LogP contribution in [-0.2, 0) is 6.42 Å². The Hall–Kier alpha value is -2.04. The summed E-state index contributed by atoms with van der Waals surface area (Å²) in [4.78, 5) is 17.2. The van der Waals surface area contributed by atoms with Crippen LogP contribution in [0.5, 0.6) is 0 Å². The third kappa shape index (κ3) is 2.86. The van der Waals surface area contributed by atoms with Crippen molar-refractivity contribution < 1.29 is 0 Å². The van der Waals surface area contributed by atoms with Crippen LogP contribution in [0.3, 0.4) is 0 Å². The van der Waals surface area contributed by atoms with E-state index in [9.17, 15) is 0 Å². The normalized spacial score (nSPS) is 15.8. The Balaban J connectivity index is 1.85. The average Bonchev–Trinajstić information content (AvgIpc) is 2.93. The summed E-state index contributed by atoms with van der Waals surface area (Å²) in [6, 6.07) is 3.93. The molecule has 2 aromatic heterocycles. The topological polar surface area (TPSA) is 77.6 Å². The van der Waals surface area contributed by atoms with Crippen LogP contribution >= 0.6 is 0 Å². The van der Waals surface area contributed by atoms with E-state index in [2.05, 4.69) is 19.9 Å². The minimum absolute atomic E-state index is 0.329. The SMILES string of the molecule is Nc1nc(Cc2cccnc2)nc(C2CCCC2)n1. The van der Waals surface area contributed by atoms with Crippen molar-refractivity contribution >= 4 is 5.95 Å². The molecule has 0 saturated heterocycles. The molecule has 2 N–H and O–H groups in total. The van der Waals surface area contributed by atoms with Crippen LogP contribution in [0.4, 0.5) is 5.95 Å². The van der Waals surface area contributed by atoms with Crippen LogP contribution in [0.15, 0.2) is 24.5 Å². The van der Waals surface area contributed by atoms with Gasteiger partial charge in [0.05, 0.1) is 0 Å². The maximum Gasteiger partial charge on any atom is 0.223 e. The minimum Gasteiger partial charge on any atom is -0.368 e. The van der Waals surface area contributed by atoms with Gasteiger partial charge in [0.15, 0.2) is 0 Å². The smallest absolute Gasteiger partial charge is 0.223 e. The van der Waals surface area contributed by atoms with Crippen molar-refractivity contribution in [3.8, 4) is 0 Å². The third-order valence-electron chi connectivity index (χ3n) is 3.52. The van der Waals surface area contributed by atoms with Gasteiger partial charge in [-0.25, -0.2) is 4.98 Å². The van der Waals surface area contributed by atoms with Gasteiger partial charge in [0.25, 0.3) is 0 Å². The van der Waals surface area contributed by atoms with Crippen LogP contribution in [0.1, 0.15) is 48.8 Å². The van der Waals surface area contributed by atoms with Crippen molar-refractivity contribution in [2.45, 2.75) is 38.0 Å². The zero-order valence-electron chi connectivity index (χ0n) is 10.8. The lowest BCUT2D eigenvalue weighted by molar-refractivity contribution is 0.654. The molecule has 0 aliphatic heterocycles. The Morgan fingerprint density at radius 3 is 2.74 bits per heavy atom. The van der Waals surface area contributed by atoms with Crippen LogP contribution in [0.2, 0.25) is 0 Å². The molecule has 0 aromatic carbocycles. The molecule has 0 spiro atoms. The zero-order valence-corrected chi connectivity index (χ0v) is 10.8. The number of anilines is 1. The molecule has 1 saturated carbocycles. The van der Waals surface area contributed by atoms with E-state index in [4.69, 9.17) is 5.73 Å². The molecule has 98 valence electrons. The highest BCUT2D eigenvalue weighted by atomic mass is 15.1. The van der Waals surface area contributed by atoms with Gasteiger partial charge in [0.1, 0.15) is 11.6 Å². The number of pyridine rings is 1. The van der Waals surface area contributed by atoms with Crippen LogP contribution in [0, 0.1) is 0 Å². The summed E-state index contributed by atoms with van der Waals surface area (Å²) < 4.78 is 0. The van der Waals surface area contributed by atoms with E-state index in [1.165, 1.54) is 12.8 Å². The van der Waals surface area contributed by atoms with E-state index in [0.29, 0.717) is 18.3 Å². The fraction of sp³-hybridized carbons (Fsp3) is 0.429. The van der Waals surface area contributed by atoms with E-state index in [1.807, 2.05) is 18.3 Å². The van der Waals surface area contributed by atoms with Crippen molar-refractivity contribution in [1.82, 2.24) is 19.9 Å². The van der Waals surface area contributed by atoms with Gasteiger partial charge in [0.2, 0.25) is 5.95 Å². The fourth-order valence-corrected chi connectivity index (χ4v) is 2.59. The average molecular weight is 255 g/mol. The van der Waals surface area contributed by atoms with Crippen molar-refractivity contribution in [3.05, 3.63) is 41.7 Å². The lowest BCUT2D eigenvalue weighted by Crippen LogP contribution is -2.10. The number of nitrogen functional groups attached to an aromatic ring is 1. The number of hydrogen-bond acceptors (Lipinski definition) is 5. The quantitative estimate of drug-likeness (QED) is 0.908. The number of nitrogens with two attached hydrogens (primary N) is 1. The highest BCUT2D eigenvalue weighted by molar-refractivity contribution is 5.21. The standard InChI is InChI=1S/C14H17N5/c15-14-18-12(8-10-4-3-7-16-9-10)17-13(19-14)11-5-1-2-6-11/h3-4,7,9,11H,1-2,5-6,8H2,(H2,15,17,18,19). The summed E-state index contributed by atoms with van der Waals surface area (Å²) in [7, 11) is 0. The van der Waals surface area contributed by atoms with E-state index >= 15 is 0 Å². The second-order valence-corrected chi connectivity index (χ2v) is 4.99. The van der Waals surface area contributed by atoms with Gasteiger partial charge >= 0.3 is 0 Å². The lowest BCUT2D eigenvalue weighted by atomic mass is 10.1. The highest BCUT2D eigenvalue weighted by Gasteiger charge is 2.21. The van der Waals surface area contributed by atoms with Gasteiger partial charge in [-0.15, -0.1) is 0 Å². The molecule has 1 aliphatic rings. The summed E-state index contributed by atoms with van der Waals surface area (Å²) in [6.07, 6.45) is 9.08. The summed E-state index contributed by atoms with van der Waals surface area (Å²) in [5.41, 5.74) is 6.89. The Morgan fingerprint density at radius 2 is 2.00 bits per heavy atom. The highest BCUT2D eigenvalue weighted by Crippen LogP contribution is 2.32. The second kappa shape index (κ2) is 5.30. The predicted molar refractivity (Wildman–Crippen MR) is 72.5 cm³/mol. The third-order valence-corrected chi connectivity index (χ3v) is 3.52. The summed E-state index contributed by atoms with van der Waals surface area (Å²) in [5, 5.41) is 0. The molecule has 0 radical (unpaired) electrons. The number of nitrogens with zero attached hydrogens (tertiary/aromatic N) is 4. The maximum absolute atomic E-state index is 5.80. The summed E-state index contributed by atoms with van der Waals surface area (Å²) in [6.45, 7) is 0. The molecule has 2 aromatic rings. The molecular formula is C14H17N5. The number of hydrogen-bond donors (Lipinski definition) is 1. The Bertz CT molecular complexity index is 549. The first-order chi connectivity index (χ1) is 9.31. The van der Waals surface area contributed by atoms with Gasteiger partial charge in [-0.1, -0.05) is 18.9 Å². The van der Waals surface area contributed by atoms with Gasteiger partial charge < -0.3 is 5.73 Å². The molecule has 3 rings (SSSR count). The maximum atomic E-state index is 5.80. The van der Waals surface area contributed by atoms with Crippen molar-refractivity contribution in [2.24, 2.45) is 0 Å². The first-order valence-corrected chi connectivity index (χ1v) is 6.70. The van der Waals surface area contributed by atoms with Gasteiger partial charge in [-0.3, -0.25) is 4.98 Å². The van der Waals surface area contributed by atoms with Crippen LogP contribution < -0.4 is 5.73 Å². The molecule has 0 unspecified atom stereocenters. The van der Waals surface area contributed by atoms with E-state index in [-0.39, 0.29) is 0 Å². The lowest BCUT2D eigenvalue weighted by Gasteiger charge is -2.09. The summed E-state index contributed by atoms with van der Waals surface area (Å²) in [5.74, 6) is 2.39. The largest absolute Gasteiger partial charge is 0.368 e. The molecule has 1 fully saturated rings. The molecule has 0 bridgehead atoms. The zero-order chi connectivity index (χ0) is 13.1. The van der Waals surface area contributed by atoms with Crippen molar-refractivity contribution in [1.29, 1.82) is 0 Å². The Morgan fingerprint density at radius 1 is 1.16 bits per heavy atom. The van der Waals surface area contributed by atoms with Gasteiger partial charge in [0, 0.05) is 24.7 Å². The number of aromatic nitrogens is 4. The Labute approximate surface area is 112 Å². The second-order valence-electron chi connectivity index (χ2n) is 4.99. The molecule has 1 aliphatic carbocycles. The van der Waals surface area contributed by atoms with Crippen molar-refractivity contribution in [3.63, 3.8) is 0 Å². The Kier molecular flexibility index (Phi) is 3.35.